The Balaban J connectivity index is 2.04. The van der Waals surface area contributed by atoms with Gasteiger partial charge in [-0.3, -0.25) is 4.79 Å². The van der Waals surface area contributed by atoms with Crippen molar-refractivity contribution >= 4 is 34.2 Å². The van der Waals surface area contributed by atoms with Gasteiger partial charge in [0.15, 0.2) is 4.32 Å². The van der Waals surface area contributed by atoms with Gasteiger partial charge in [0.2, 0.25) is 0 Å². The summed E-state index contributed by atoms with van der Waals surface area (Å²) in [5.41, 5.74) is 0. The van der Waals surface area contributed by atoms with Gasteiger partial charge in [0.05, 0.1) is 5.75 Å². The first-order valence-electron chi connectivity index (χ1n) is 5.03. The zero-order valence-corrected chi connectivity index (χ0v) is 9.70. The van der Waals surface area contributed by atoms with Gasteiger partial charge >= 0.3 is 0 Å². The number of hydrogen-bond donors (Lipinski definition) is 0. The number of nitrogens with zero attached hydrogens (tertiary/aromatic N) is 2. The third-order valence-electron chi connectivity index (χ3n) is 2.59. The van der Waals surface area contributed by atoms with Gasteiger partial charge in [-0.15, -0.1) is 0 Å². The summed E-state index contributed by atoms with van der Waals surface area (Å²) in [6.07, 6.45) is 4.91. The van der Waals surface area contributed by atoms with Crippen LogP contribution in [-0.2, 0) is 4.79 Å². The lowest BCUT2D eigenvalue weighted by Gasteiger charge is -2.29. The maximum atomic E-state index is 11.6. The van der Waals surface area contributed by atoms with Gasteiger partial charge in [-0.1, -0.05) is 36.8 Å². The molecule has 0 N–H and O–H groups in total. The van der Waals surface area contributed by atoms with E-state index >= 15 is 0 Å². The molecule has 3 nitrogen and oxygen atoms in total. The number of carbonyl (C=O) groups excluding carboxylic acids is 1. The Morgan fingerprint density at radius 1 is 1.14 bits per heavy atom. The largest absolute Gasteiger partial charge is 0.272 e. The first kappa shape index (κ1) is 10.4. The minimum atomic E-state index is 0.155. The average Bonchev–Trinajstić information content (AvgIpc) is 2.45. The van der Waals surface area contributed by atoms with Crippen molar-refractivity contribution in [2.75, 3.05) is 18.8 Å². The molecule has 2 fully saturated rings. The van der Waals surface area contributed by atoms with Crippen LogP contribution in [0.3, 0.4) is 0 Å². The molecule has 0 bridgehead atoms. The van der Waals surface area contributed by atoms with E-state index in [0.717, 1.165) is 17.4 Å². The molecule has 0 aromatic rings. The molecule has 0 aromatic heterocycles. The number of amides is 1. The normalized spacial score (nSPS) is 25.6. The second-order valence-corrected chi connectivity index (χ2v) is 5.24. The topological polar surface area (TPSA) is 23.6 Å². The molecule has 2 aliphatic rings. The molecule has 0 aliphatic carbocycles. The molecule has 0 radical (unpaired) electrons. The molecule has 0 atom stereocenters. The standard InChI is InChI=1S/C9H14N2OS2/c12-8-7-14-9(13)11(8)10-5-3-1-2-4-6-10/h1-7H2. The summed E-state index contributed by atoms with van der Waals surface area (Å²) in [5, 5.41) is 3.84. The van der Waals surface area contributed by atoms with Crippen LogP contribution >= 0.6 is 24.0 Å². The van der Waals surface area contributed by atoms with Crippen LogP contribution in [0.4, 0.5) is 0 Å². The Bertz CT molecular complexity index is 233. The average molecular weight is 230 g/mol. The second kappa shape index (κ2) is 4.59. The van der Waals surface area contributed by atoms with Gasteiger partial charge in [-0.05, 0) is 12.8 Å². The van der Waals surface area contributed by atoms with E-state index < -0.39 is 0 Å². The Morgan fingerprint density at radius 2 is 1.79 bits per heavy atom. The van der Waals surface area contributed by atoms with E-state index in [1.165, 1.54) is 37.4 Å². The summed E-state index contributed by atoms with van der Waals surface area (Å²) in [4.78, 5) is 11.6. The third kappa shape index (κ3) is 2.10. The van der Waals surface area contributed by atoms with Crippen LogP contribution in [0.2, 0.25) is 0 Å². The highest BCUT2D eigenvalue weighted by atomic mass is 32.2. The van der Waals surface area contributed by atoms with E-state index in [-0.39, 0.29) is 5.91 Å². The fourth-order valence-corrected chi connectivity index (χ4v) is 2.98. The van der Waals surface area contributed by atoms with Crippen molar-refractivity contribution < 1.29 is 4.79 Å². The van der Waals surface area contributed by atoms with Crippen LogP contribution < -0.4 is 0 Å². The molecular formula is C9H14N2OS2. The van der Waals surface area contributed by atoms with Gasteiger partial charge in [0, 0.05) is 13.1 Å². The Labute approximate surface area is 93.8 Å². The minimum absolute atomic E-state index is 0.155. The lowest BCUT2D eigenvalue weighted by Crippen LogP contribution is -2.45. The first-order chi connectivity index (χ1) is 6.79. The van der Waals surface area contributed by atoms with E-state index in [1.807, 2.05) is 0 Å². The minimum Gasteiger partial charge on any atom is -0.272 e. The van der Waals surface area contributed by atoms with E-state index in [1.54, 1.807) is 5.01 Å². The monoisotopic (exact) mass is 230 g/mol. The number of hydrogen-bond acceptors (Lipinski definition) is 4. The maximum Gasteiger partial charge on any atom is 0.253 e. The van der Waals surface area contributed by atoms with Crippen molar-refractivity contribution in [2.24, 2.45) is 0 Å². The zero-order valence-electron chi connectivity index (χ0n) is 8.07. The van der Waals surface area contributed by atoms with Gasteiger partial charge in [-0.2, -0.15) is 0 Å². The highest BCUT2D eigenvalue weighted by Crippen LogP contribution is 2.23. The highest BCUT2D eigenvalue weighted by molar-refractivity contribution is 8.23. The zero-order chi connectivity index (χ0) is 9.97. The van der Waals surface area contributed by atoms with E-state index in [9.17, 15) is 4.79 Å². The molecular weight excluding hydrogens is 216 g/mol. The molecule has 2 heterocycles. The van der Waals surface area contributed by atoms with Crippen LogP contribution in [0.15, 0.2) is 0 Å². The molecule has 0 unspecified atom stereocenters. The Kier molecular flexibility index (Phi) is 3.41. The number of carbonyl (C=O) groups is 1. The summed E-state index contributed by atoms with van der Waals surface area (Å²) in [5.74, 6) is 0.678. The van der Waals surface area contributed by atoms with Crippen LogP contribution in [0, 0.1) is 0 Å². The molecule has 2 rings (SSSR count). The van der Waals surface area contributed by atoms with E-state index in [2.05, 4.69) is 5.01 Å². The third-order valence-corrected chi connectivity index (χ3v) is 3.93. The van der Waals surface area contributed by atoms with Crippen molar-refractivity contribution in [3.05, 3.63) is 0 Å². The Morgan fingerprint density at radius 3 is 2.29 bits per heavy atom. The molecule has 0 saturated carbocycles. The quantitative estimate of drug-likeness (QED) is 0.639. The summed E-state index contributed by atoms with van der Waals surface area (Å²) < 4.78 is 0.733. The van der Waals surface area contributed by atoms with Gasteiger partial charge in [0.1, 0.15) is 0 Å². The number of thioether (sulfide) groups is 1. The summed E-state index contributed by atoms with van der Waals surface area (Å²) in [6.45, 7) is 1.96. The van der Waals surface area contributed by atoms with Crippen LogP contribution in [0.1, 0.15) is 25.7 Å². The molecule has 5 heteroatoms. The number of thiocarbonyl (C=S) groups is 1. The smallest absolute Gasteiger partial charge is 0.253 e. The van der Waals surface area contributed by atoms with Gasteiger partial charge in [-0.25, -0.2) is 10.0 Å². The second-order valence-electron chi connectivity index (χ2n) is 3.63. The predicted octanol–water partition coefficient (Wildman–Crippen LogP) is 1.64. The lowest BCUT2D eigenvalue weighted by atomic mass is 10.2. The fourth-order valence-electron chi connectivity index (χ4n) is 1.87. The van der Waals surface area contributed by atoms with Crippen LogP contribution in [0.25, 0.3) is 0 Å². The molecule has 14 heavy (non-hydrogen) atoms. The van der Waals surface area contributed by atoms with Crippen molar-refractivity contribution in [3.63, 3.8) is 0 Å². The number of rotatable bonds is 1. The summed E-state index contributed by atoms with van der Waals surface area (Å²) in [7, 11) is 0. The highest BCUT2D eigenvalue weighted by Gasteiger charge is 2.31. The first-order valence-corrected chi connectivity index (χ1v) is 6.43. The number of hydrazine groups is 1. The molecule has 2 aliphatic heterocycles. The van der Waals surface area contributed by atoms with Crippen molar-refractivity contribution in [2.45, 2.75) is 25.7 Å². The molecule has 0 aromatic carbocycles. The molecule has 78 valence electrons. The lowest BCUT2D eigenvalue weighted by molar-refractivity contribution is -0.135. The molecule has 2 saturated heterocycles. The van der Waals surface area contributed by atoms with Crippen molar-refractivity contribution in [1.29, 1.82) is 0 Å². The van der Waals surface area contributed by atoms with Crippen molar-refractivity contribution in [3.8, 4) is 0 Å². The van der Waals surface area contributed by atoms with Crippen LogP contribution in [-0.4, -0.2) is 39.1 Å². The van der Waals surface area contributed by atoms with Gasteiger partial charge in [0.25, 0.3) is 5.91 Å². The summed E-state index contributed by atoms with van der Waals surface area (Å²) in [6, 6.07) is 0. The van der Waals surface area contributed by atoms with Crippen LogP contribution in [0.5, 0.6) is 0 Å². The van der Waals surface area contributed by atoms with Gasteiger partial charge < -0.3 is 0 Å². The van der Waals surface area contributed by atoms with E-state index in [0.29, 0.717) is 5.75 Å². The molecule has 0 spiro atoms. The van der Waals surface area contributed by atoms with E-state index in [4.69, 9.17) is 12.2 Å². The van der Waals surface area contributed by atoms with Crippen molar-refractivity contribution in [1.82, 2.24) is 10.0 Å². The SMILES string of the molecule is O=C1CSC(=S)N1N1CCCCCC1. The Hall–Kier alpha value is -0.130. The maximum absolute atomic E-state index is 11.6. The molecule has 1 amide bonds. The fraction of sp³-hybridized carbons (Fsp3) is 0.778. The predicted molar refractivity (Wildman–Crippen MR) is 61.9 cm³/mol. The summed E-state index contributed by atoms with van der Waals surface area (Å²) >= 11 is 6.65.